The number of hydrogen-bond donors (Lipinski definition) is 4. The van der Waals surface area contributed by atoms with Gasteiger partial charge in [-0.25, -0.2) is 4.57 Å². The number of phosphoric acid groups is 1. The molecule has 0 radical (unpaired) electrons. The lowest BCUT2D eigenvalue weighted by molar-refractivity contribution is -0.123. The molecule has 0 fully saturated rings. The minimum absolute atomic E-state index is 0.231. The minimum atomic E-state index is -4.69. The first kappa shape index (κ1) is 37.3. The summed E-state index contributed by atoms with van der Waals surface area (Å²) in [7, 11) is -4.69. The molecular formula is C30H60NO6P. The molecule has 2 unspecified atom stereocenters. The van der Waals surface area contributed by atoms with E-state index in [0.717, 1.165) is 38.5 Å². The maximum Gasteiger partial charge on any atom is 0.469 e. The van der Waals surface area contributed by atoms with Crippen molar-refractivity contribution in [2.75, 3.05) is 6.61 Å². The van der Waals surface area contributed by atoms with Crippen LogP contribution in [0.3, 0.4) is 0 Å². The van der Waals surface area contributed by atoms with Crippen molar-refractivity contribution in [3.05, 3.63) is 12.2 Å². The molecule has 0 aromatic carbocycles. The molecule has 0 heterocycles. The maximum absolute atomic E-state index is 12.4. The first-order chi connectivity index (χ1) is 18.3. The molecule has 0 saturated heterocycles. The van der Waals surface area contributed by atoms with Crippen molar-refractivity contribution < 1.29 is 28.8 Å². The first-order valence-electron chi connectivity index (χ1n) is 15.6. The molecule has 226 valence electrons. The lowest BCUT2D eigenvalue weighted by Gasteiger charge is -2.22. The fourth-order valence-corrected chi connectivity index (χ4v) is 4.93. The average Bonchev–Trinajstić information content (AvgIpc) is 2.87. The highest BCUT2D eigenvalue weighted by Gasteiger charge is 2.24. The van der Waals surface area contributed by atoms with Crippen LogP contribution >= 0.6 is 7.82 Å². The van der Waals surface area contributed by atoms with Gasteiger partial charge in [-0.15, -0.1) is 0 Å². The van der Waals surface area contributed by atoms with Crippen LogP contribution in [0.4, 0.5) is 0 Å². The van der Waals surface area contributed by atoms with Gasteiger partial charge in [-0.2, -0.15) is 0 Å². The van der Waals surface area contributed by atoms with Crippen LogP contribution in [0.1, 0.15) is 155 Å². The zero-order valence-electron chi connectivity index (χ0n) is 24.6. The molecule has 0 bridgehead atoms. The fourth-order valence-electron chi connectivity index (χ4n) is 4.57. The van der Waals surface area contributed by atoms with Gasteiger partial charge in [0, 0.05) is 6.42 Å². The maximum atomic E-state index is 12.4. The number of rotatable bonds is 28. The number of aliphatic hydroxyl groups excluding tert-OH is 1. The Morgan fingerprint density at radius 1 is 0.737 bits per heavy atom. The van der Waals surface area contributed by atoms with Crippen molar-refractivity contribution in [2.45, 2.75) is 167 Å². The molecular weight excluding hydrogens is 501 g/mol. The lowest BCUT2D eigenvalue weighted by Crippen LogP contribution is -2.45. The normalized spacial score (nSPS) is 13.7. The van der Waals surface area contributed by atoms with Gasteiger partial charge in [0.1, 0.15) is 0 Å². The summed E-state index contributed by atoms with van der Waals surface area (Å²) < 4.78 is 15.7. The van der Waals surface area contributed by atoms with Crippen LogP contribution in [0.25, 0.3) is 0 Å². The van der Waals surface area contributed by atoms with Gasteiger partial charge in [-0.3, -0.25) is 9.32 Å². The van der Waals surface area contributed by atoms with Crippen molar-refractivity contribution in [1.29, 1.82) is 0 Å². The molecule has 1 amide bonds. The molecule has 38 heavy (non-hydrogen) atoms. The first-order valence-corrected chi connectivity index (χ1v) is 17.2. The topological polar surface area (TPSA) is 116 Å². The van der Waals surface area contributed by atoms with Gasteiger partial charge in [-0.1, -0.05) is 142 Å². The van der Waals surface area contributed by atoms with Gasteiger partial charge in [0.2, 0.25) is 5.91 Å². The van der Waals surface area contributed by atoms with Crippen molar-refractivity contribution in [3.63, 3.8) is 0 Å². The van der Waals surface area contributed by atoms with E-state index in [1.165, 1.54) is 96.3 Å². The van der Waals surface area contributed by atoms with Gasteiger partial charge >= 0.3 is 7.82 Å². The Hall–Kier alpha value is -0.720. The number of nitrogens with one attached hydrogen (secondary N) is 1. The fraction of sp³-hybridized carbons (Fsp3) is 0.900. The molecule has 8 heteroatoms. The van der Waals surface area contributed by atoms with Gasteiger partial charge < -0.3 is 20.2 Å². The van der Waals surface area contributed by atoms with E-state index in [1.54, 1.807) is 6.08 Å². The smallest absolute Gasteiger partial charge is 0.387 e. The minimum Gasteiger partial charge on any atom is -0.387 e. The Kier molecular flexibility index (Phi) is 26.0. The van der Waals surface area contributed by atoms with E-state index in [-0.39, 0.29) is 5.91 Å². The number of aliphatic hydroxyl groups is 1. The number of hydrogen-bond acceptors (Lipinski definition) is 4. The van der Waals surface area contributed by atoms with E-state index in [4.69, 9.17) is 9.79 Å². The average molecular weight is 562 g/mol. The highest BCUT2D eigenvalue weighted by Crippen LogP contribution is 2.35. The van der Waals surface area contributed by atoms with Crippen molar-refractivity contribution in [1.82, 2.24) is 5.32 Å². The van der Waals surface area contributed by atoms with Crippen LogP contribution in [0, 0.1) is 0 Å². The van der Waals surface area contributed by atoms with Crippen molar-refractivity contribution >= 4 is 13.7 Å². The van der Waals surface area contributed by atoms with E-state index >= 15 is 0 Å². The number of amides is 1. The third-order valence-corrected chi connectivity index (χ3v) is 7.48. The highest BCUT2D eigenvalue weighted by atomic mass is 31.2. The summed E-state index contributed by atoms with van der Waals surface area (Å²) in [6.45, 7) is 4.01. The Balaban J connectivity index is 4.15. The number of carbonyl (C=O) groups excluding carboxylic acids is 1. The van der Waals surface area contributed by atoms with E-state index < -0.39 is 26.6 Å². The summed E-state index contributed by atoms with van der Waals surface area (Å²) >= 11 is 0. The largest absolute Gasteiger partial charge is 0.469 e. The molecule has 0 rings (SSSR count). The van der Waals surface area contributed by atoms with Gasteiger partial charge in [0.25, 0.3) is 0 Å². The van der Waals surface area contributed by atoms with Crippen LogP contribution in [0.5, 0.6) is 0 Å². The molecule has 0 aromatic heterocycles. The Morgan fingerprint density at radius 3 is 1.61 bits per heavy atom. The molecule has 2 atom stereocenters. The van der Waals surface area contributed by atoms with Gasteiger partial charge in [0.05, 0.1) is 18.8 Å². The summed E-state index contributed by atoms with van der Waals surface area (Å²) in [6, 6.07) is -0.901. The van der Waals surface area contributed by atoms with Crippen LogP contribution in [0.15, 0.2) is 12.2 Å². The summed E-state index contributed by atoms with van der Waals surface area (Å²) in [6.07, 6.45) is 28.0. The predicted octanol–water partition coefficient (Wildman–Crippen LogP) is 8.12. The molecule has 0 aliphatic carbocycles. The summed E-state index contributed by atoms with van der Waals surface area (Å²) in [5, 5.41) is 13.2. The van der Waals surface area contributed by atoms with E-state index in [2.05, 4.69) is 23.7 Å². The zero-order chi connectivity index (χ0) is 28.3. The molecule has 4 N–H and O–H groups in total. The second-order valence-electron chi connectivity index (χ2n) is 10.8. The number of allylic oxidation sites excluding steroid dienone is 1. The lowest BCUT2D eigenvalue weighted by atomic mass is 10.0. The van der Waals surface area contributed by atoms with Gasteiger partial charge in [0.15, 0.2) is 0 Å². The van der Waals surface area contributed by atoms with Crippen LogP contribution in [-0.2, 0) is 13.9 Å². The van der Waals surface area contributed by atoms with Crippen molar-refractivity contribution in [3.8, 4) is 0 Å². The van der Waals surface area contributed by atoms with E-state index in [9.17, 15) is 14.5 Å². The second-order valence-corrected chi connectivity index (χ2v) is 12.0. The molecule has 0 aromatic rings. The van der Waals surface area contributed by atoms with E-state index in [0.29, 0.717) is 6.42 Å². The Bertz CT molecular complexity index is 610. The summed E-state index contributed by atoms with van der Waals surface area (Å²) in [5.74, 6) is -0.231. The monoisotopic (exact) mass is 561 g/mol. The predicted molar refractivity (Wildman–Crippen MR) is 158 cm³/mol. The Labute approximate surface area is 233 Å². The summed E-state index contributed by atoms with van der Waals surface area (Å²) in [5.41, 5.74) is 0. The van der Waals surface area contributed by atoms with Crippen LogP contribution in [-0.4, -0.2) is 39.6 Å². The highest BCUT2D eigenvalue weighted by molar-refractivity contribution is 7.46. The zero-order valence-corrected chi connectivity index (χ0v) is 25.5. The molecule has 0 aliphatic rings. The Morgan fingerprint density at radius 2 is 1.16 bits per heavy atom. The third kappa shape index (κ3) is 26.9. The second kappa shape index (κ2) is 26.5. The number of unbranched alkanes of at least 4 members (excludes halogenated alkanes) is 19. The standard InChI is InChI=1S/C30H60NO6P/c1-3-5-7-9-11-13-14-15-16-18-19-21-23-25-29(32)28(27-37-38(34,35)36)31-30(33)26-24-22-20-17-12-10-8-6-4-2/h23,25,28-29,32H,3-22,24,26-27H2,1-2H3,(H,31,33)(H2,34,35,36)/b25-23+. The molecule has 0 spiro atoms. The summed E-state index contributed by atoms with van der Waals surface area (Å²) in [4.78, 5) is 30.5. The molecule has 0 aliphatic heterocycles. The number of phosphoric ester groups is 1. The number of carbonyl (C=O) groups is 1. The third-order valence-electron chi connectivity index (χ3n) is 7.00. The van der Waals surface area contributed by atoms with Crippen LogP contribution < -0.4 is 5.32 Å². The van der Waals surface area contributed by atoms with Crippen LogP contribution in [0.2, 0.25) is 0 Å². The quantitative estimate of drug-likeness (QED) is 0.0435. The van der Waals surface area contributed by atoms with Gasteiger partial charge in [-0.05, 0) is 19.3 Å². The molecule has 0 saturated carbocycles. The van der Waals surface area contributed by atoms with Crippen molar-refractivity contribution in [2.24, 2.45) is 0 Å². The molecule has 7 nitrogen and oxygen atoms in total. The van der Waals surface area contributed by atoms with E-state index in [1.807, 2.05) is 6.08 Å². The SMILES string of the molecule is CCCCCCCCCCCCC/C=C/C(O)C(COP(=O)(O)O)NC(=O)CCCCCCCCCCC.